The lowest BCUT2D eigenvalue weighted by molar-refractivity contribution is 0.356. The second kappa shape index (κ2) is 6.10. The summed E-state index contributed by atoms with van der Waals surface area (Å²) < 4.78 is 13.5. The third-order valence-corrected chi connectivity index (χ3v) is 4.38. The number of aromatic nitrogens is 3. The van der Waals surface area contributed by atoms with E-state index in [0.29, 0.717) is 11.9 Å². The molecule has 0 aliphatic heterocycles. The van der Waals surface area contributed by atoms with Gasteiger partial charge >= 0.3 is 0 Å². The number of nitrogens with one attached hydrogen (secondary N) is 1. The first-order valence-electron chi connectivity index (χ1n) is 7.95. The molecule has 0 amide bonds. The van der Waals surface area contributed by atoms with Crippen LogP contribution in [0.3, 0.4) is 0 Å². The molecule has 2 aromatic rings. The minimum Gasteiger partial charge on any atom is -0.368 e. The fourth-order valence-electron chi connectivity index (χ4n) is 3.10. The SMILES string of the molecule is Cc1ccc2c(c1)C(Nc1nc(N)nc(C(C)F)n1)C(C)CC2. The topological polar surface area (TPSA) is 76.7 Å². The van der Waals surface area contributed by atoms with E-state index >= 15 is 0 Å². The van der Waals surface area contributed by atoms with Gasteiger partial charge < -0.3 is 11.1 Å². The minimum atomic E-state index is -1.28. The van der Waals surface area contributed by atoms with E-state index in [4.69, 9.17) is 5.73 Å². The number of nitrogens with zero attached hydrogens (tertiary/aromatic N) is 3. The largest absolute Gasteiger partial charge is 0.368 e. The molecule has 6 heteroatoms. The Hall–Kier alpha value is -2.24. The Bertz CT molecular complexity index is 716. The monoisotopic (exact) mass is 315 g/mol. The van der Waals surface area contributed by atoms with Crippen LogP contribution in [0.1, 0.15) is 55.0 Å². The number of hydrogen-bond acceptors (Lipinski definition) is 5. The molecule has 23 heavy (non-hydrogen) atoms. The van der Waals surface area contributed by atoms with Crippen molar-refractivity contribution in [2.24, 2.45) is 5.92 Å². The second-order valence-corrected chi connectivity index (χ2v) is 6.33. The maximum atomic E-state index is 13.5. The van der Waals surface area contributed by atoms with Crippen LogP contribution in [0.15, 0.2) is 18.2 Å². The first-order valence-corrected chi connectivity index (χ1v) is 7.95. The Kier molecular flexibility index (Phi) is 4.15. The van der Waals surface area contributed by atoms with Gasteiger partial charge in [0.15, 0.2) is 12.0 Å². The summed E-state index contributed by atoms with van der Waals surface area (Å²) in [7, 11) is 0. The summed E-state index contributed by atoms with van der Waals surface area (Å²) in [6, 6.07) is 6.60. The van der Waals surface area contributed by atoms with Gasteiger partial charge in [0.05, 0.1) is 6.04 Å². The number of aryl methyl sites for hydroxylation is 2. The summed E-state index contributed by atoms with van der Waals surface area (Å²) >= 11 is 0. The normalized spacial score (nSPS) is 21.6. The number of anilines is 2. The zero-order chi connectivity index (χ0) is 16.6. The average Bonchev–Trinajstić information content (AvgIpc) is 2.49. The van der Waals surface area contributed by atoms with Crippen LogP contribution in [0.25, 0.3) is 0 Å². The first kappa shape index (κ1) is 15.6. The number of nitrogens with two attached hydrogens (primary N) is 1. The van der Waals surface area contributed by atoms with E-state index in [1.54, 1.807) is 0 Å². The number of hydrogen-bond donors (Lipinski definition) is 2. The highest BCUT2D eigenvalue weighted by Crippen LogP contribution is 2.36. The summed E-state index contributed by atoms with van der Waals surface area (Å²) in [4.78, 5) is 12.1. The third kappa shape index (κ3) is 3.25. The smallest absolute Gasteiger partial charge is 0.228 e. The number of alkyl halides is 1. The molecule has 3 unspecified atom stereocenters. The lowest BCUT2D eigenvalue weighted by Crippen LogP contribution is -2.26. The molecule has 1 aliphatic carbocycles. The molecular formula is C17H22FN5. The van der Waals surface area contributed by atoms with Crippen LogP contribution >= 0.6 is 0 Å². The van der Waals surface area contributed by atoms with Gasteiger partial charge in [-0.1, -0.05) is 30.7 Å². The van der Waals surface area contributed by atoms with Crippen LogP contribution < -0.4 is 11.1 Å². The Morgan fingerprint density at radius 1 is 1.30 bits per heavy atom. The van der Waals surface area contributed by atoms with Gasteiger partial charge in [0, 0.05) is 0 Å². The Labute approximate surface area is 135 Å². The molecular weight excluding hydrogens is 293 g/mol. The third-order valence-electron chi connectivity index (χ3n) is 4.38. The van der Waals surface area contributed by atoms with Gasteiger partial charge in [0.1, 0.15) is 0 Å². The molecule has 3 atom stereocenters. The molecule has 0 saturated carbocycles. The Morgan fingerprint density at radius 2 is 2.09 bits per heavy atom. The molecule has 5 nitrogen and oxygen atoms in total. The van der Waals surface area contributed by atoms with Crippen LogP contribution in [0.5, 0.6) is 0 Å². The Morgan fingerprint density at radius 3 is 2.83 bits per heavy atom. The predicted octanol–water partition coefficient (Wildman–Crippen LogP) is 3.53. The van der Waals surface area contributed by atoms with E-state index in [9.17, 15) is 4.39 Å². The van der Waals surface area contributed by atoms with Gasteiger partial charge in [-0.2, -0.15) is 15.0 Å². The van der Waals surface area contributed by atoms with Gasteiger partial charge in [0.25, 0.3) is 0 Å². The standard InChI is InChI=1S/C17H22FN5/c1-9-4-6-12-7-5-10(2)14(13(12)8-9)20-17-22-15(11(3)18)21-16(19)23-17/h4,6,8,10-11,14H,5,7H2,1-3H3,(H3,19,20,21,22,23). The van der Waals surface area contributed by atoms with Crippen molar-refractivity contribution < 1.29 is 4.39 Å². The highest BCUT2D eigenvalue weighted by Gasteiger charge is 2.27. The predicted molar refractivity (Wildman–Crippen MR) is 88.8 cm³/mol. The summed E-state index contributed by atoms with van der Waals surface area (Å²) in [6.07, 6.45) is 0.876. The molecule has 0 bridgehead atoms. The number of rotatable bonds is 3. The number of benzene rings is 1. The molecule has 1 aromatic heterocycles. The molecule has 0 radical (unpaired) electrons. The zero-order valence-corrected chi connectivity index (χ0v) is 13.7. The average molecular weight is 315 g/mol. The fraction of sp³-hybridized carbons (Fsp3) is 0.471. The quantitative estimate of drug-likeness (QED) is 0.906. The molecule has 1 heterocycles. The molecule has 0 saturated heterocycles. The van der Waals surface area contributed by atoms with E-state index in [-0.39, 0.29) is 17.8 Å². The van der Waals surface area contributed by atoms with Crippen LogP contribution in [0.2, 0.25) is 0 Å². The molecule has 0 spiro atoms. The van der Waals surface area contributed by atoms with Crippen molar-refractivity contribution in [3.63, 3.8) is 0 Å². The van der Waals surface area contributed by atoms with Gasteiger partial charge in [0.2, 0.25) is 11.9 Å². The number of nitrogen functional groups attached to an aromatic ring is 1. The van der Waals surface area contributed by atoms with Gasteiger partial charge in [-0.25, -0.2) is 4.39 Å². The molecule has 0 fully saturated rings. The van der Waals surface area contributed by atoms with Crippen molar-refractivity contribution in [2.45, 2.75) is 45.8 Å². The van der Waals surface area contributed by atoms with Crippen molar-refractivity contribution >= 4 is 11.9 Å². The van der Waals surface area contributed by atoms with E-state index < -0.39 is 6.17 Å². The molecule has 1 aromatic carbocycles. The van der Waals surface area contributed by atoms with Gasteiger partial charge in [-0.15, -0.1) is 0 Å². The van der Waals surface area contributed by atoms with E-state index in [1.165, 1.54) is 23.6 Å². The minimum absolute atomic E-state index is 0.0370. The van der Waals surface area contributed by atoms with Crippen LogP contribution in [0, 0.1) is 12.8 Å². The van der Waals surface area contributed by atoms with E-state index in [2.05, 4.69) is 52.3 Å². The lowest BCUT2D eigenvalue weighted by Gasteiger charge is -2.32. The molecule has 1 aliphatic rings. The molecule has 3 rings (SSSR count). The Balaban J connectivity index is 1.95. The van der Waals surface area contributed by atoms with Crippen molar-refractivity contribution in [3.8, 4) is 0 Å². The number of halogens is 1. The second-order valence-electron chi connectivity index (χ2n) is 6.33. The van der Waals surface area contributed by atoms with Crippen molar-refractivity contribution in [2.75, 3.05) is 11.1 Å². The highest BCUT2D eigenvalue weighted by molar-refractivity contribution is 5.42. The van der Waals surface area contributed by atoms with E-state index in [1.807, 2.05) is 0 Å². The van der Waals surface area contributed by atoms with Crippen LogP contribution in [-0.2, 0) is 6.42 Å². The molecule has 122 valence electrons. The summed E-state index contributed by atoms with van der Waals surface area (Å²) in [5.74, 6) is 0.861. The van der Waals surface area contributed by atoms with Gasteiger partial charge in [-0.05, 0) is 43.7 Å². The summed E-state index contributed by atoms with van der Waals surface area (Å²) in [6.45, 7) is 5.67. The molecule has 3 N–H and O–H groups in total. The van der Waals surface area contributed by atoms with Crippen molar-refractivity contribution in [1.82, 2.24) is 15.0 Å². The maximum absolute atomic E-state index is 13.5. The van der Waals surface area contributed by atoms with Crippen molar-refractivity contribution in [1.29, 1.82) is 0 Å². The summed E-state index contributed by atoms with van der Waals surface area (Å²) in [5, 5.41) is 3.34. The number of fused-ring (bicyclic) bond motifs is 1. The van der Waals surface area contributed by atoms with Crippen molar-refractivity contribution in [3.05, 3.63) is 40.7 Å². The zero-order valence-electron chi connectivity index (χ0n) is 13.7. The summed E-state index contributed by atoms with van der Waals surface area (Å²) in [5.41, 5.74) is 9.51. The van der Waals surface area contributed by atoms with E-state index in [0.717, 1.165) is 12.8 Å². The van der Waals surface area contributed by atoms with Crippen LogP contribution in [0.4, 0.5) is 16.3 Å². The van der Waals surface area contributed by atoms with Crippen LogP contribution in [-0.4, -0.2) is 15.0 Å². The highest BCUT2D eigenvalue weighted by atomic mass is 19.1. The van der Waals surface area contributed by atoms with Gasteiger partial charge in [-0.3, -0.25) is 0 Å². The lowest BCUT2D eigenvalue weighted by atomic mass is 9.80. The maximum Gasteiger partial charge on any atom is 0.228 e. The fourth-order valence-corrected chi connectivity index (χ4v) is 3.10. The first-order chi connectivity index (χ1) is 10.9.